The molecule has 2 amide bonds. The maximum atomic E-state index is 14.2. The Morgan fingerprint density at radius 3 is 2.79 bits per heavy atom. The zero-order chi connectivity index (χ0) is 19.7. The van der Waals surface area contributed by atoms with E-state index in [2.05, 4.69) is 15.3 Å². The first-order chi connectivity index (χ1) is 13.5. The van der Waals surface area contributed by atoms with Gasteiger partial charge in [0.25, 0.3) is 11.8 Å². The molecule has 3 aromatic rings. The van der Waals surface area contributed by atoms with Crippen LogP contribution in [0.3, 0.4) is 0 Å². The standard InChI is InChI=1S/C19H16F2N4O3/c20-12-9-13(21)15(8-11(12)19(27)25-6-1-2-7-28-25)24-18(26)17-10-16-14(23-17)4-3-5-22-16/h3-5,8-10,23H,1-2,6-7H2,(H,24,26). The minimum atomic E-state index is -1.02. The van der Waals surface area contributed by atoms with Gasteiger partial charge < -0.3 is 10.3 Å². The molecule has 0 unspecified atom stereocenters. The molecule has 9 heteroatoms. The maximum Gasteiger partial charge on any atom is 0.280 e. The van der Waals surface area contributed by atoms with Crippen LogP contribution in [0, 0.1) is 11.6 Å². The Bertz CT molecular complexity index is 1030. The van der Waals surface area contributed by atoms with E-state index in [9.17, 15) is 18.4 Å². The number of halogens is 2. The van der Waals surface area contributed by atoms with Crippen molar-refractivity contribution in [2.24, 2.45) is 0 Å². The third-order valence-electron chi connectivity index (χ3n) is 4.40. The summed E-state index contributed by atoms with van der Waals surface area (Å²) in [6.07, 6.45) is 3.11. The largest absolute Gasteiger partial charge is 0.349 e. The molecule has 0 aliphatic carbocycles. The molecule has 0 bridgehead atoms. The number of rotatable bonds is 3. The van der Waals surface area contributed by atoms with E-state index in [0.29, 0.717) is 30.3 Å². The SMILES string of the molecule is O=C(Nc1cc(C(=O)N2CCCCO2)c(F)cc1F)c1cc2ncccc2[nH]1. The third-order valence-corrected chi connectivity index (χ3v) is 4.40. The zero-order valence-corrected chi connectivity index (χ0v) is 14.7. The van der Waals surface area contributed by atoms with Gasteiger partial charge in [-0.3, -0.25) is 19.4 Å². The molecule has 0 saturated carbocycles. The smallest absolute Gasteiger partial charge is 0.280 e. The number of fused-ring (bicyclic) bond motifs is 1. The van der Waals surface area contributed by atoms with Gasteiger partial charge in [0.1, 0.15) is 17.3 Å². The van der Waals surface area contributed by atoms with Gasteiger partial charge >= 0.3 is 0 Å². The predicted octanol–water partition coefficient (Wildman–Crippen LogP) is 3.26. The van der Waals surface area contributed by atoms with Crippen molar-refractivity contribution in [3.05, 3.63) is 59.4 Å². The number of pyridine rings is 1. The van der Waals surface area contributed by atoms with Crippen molar-refractivity contribution in [3.63, 3.8) is 0 Å². The second-order valence-electron chi connectivity index (χ2n) is 6.33. The number of nitrogens with zero attached hydrogens (tertiary/aromatic N) is 2. The van der Waals surface area contributed by atoms with Gasteiger partial charge in [-0.2, -0.15) is 0 Å². The van der Waals surface area contributed by atoms with Crippen molar-refractivity contribution in [1.29, 1.82) is 0 Å². The van der Waals surface area contributed by atoms with Crippen LogP contribution in [0.4, 0.5) is 14.5 Å². The molecule has 1 aliphatic rings. The molecule has 0 atom stereocenters. The molecule has 3 heterocycles. The van der Waals surface area contributed by atoms with Crippen LogP contribution in [-0.2, 0) is 4.84 Å². The number of hydroxylamine groups is 2. The molecule has 1 aliphatic heterocycles. The number of H-pyrrole nitrogens is 1. The molecule has 2 N–H and O–H groups in total. The van der Waals surface area contributed by atoms with Crippen LogP contribution in [0.5, 0.6) is 0 Å². The van der Waals surface area contributed by atoms with E-state index >= 15 is 0 Å². The Labute approximate surface area is 158 Å². The lowest BCUT2D eigenvalue weighted by molar-refractivity contribution is -0.144. The van der Waals surface area contributed by atoms with Gasteiger partial charge in [-0.05, 0) is 37.1 Å². The Morgan fingerprint density at radius 1 is 1.18 bits per heavy atom. The van der Waals surface area contributed by atoms with Crippen molar-refractivity contribution in [3.8, 4) is 0 Å². The van der Waals surface area contributed by atoms with E-state index in [0.717, 1.165) is 24.0 Å². The predicted molar refractivity (Wildman–Crippen MR) is 96.6 cm³/mol. The summed E-state index contributed by atoms with van der Waals surface area (Å²) in [4.78, 5) is 37.1. The average molecular weight is 386 g/mol. The van der Waals surface area contributed by atoms with Crippen LogP contribution in [-0.4, -0.2) is 40.0 Å². The van der Waals surface area contributed by atoms with Crippen molar-refractivity contribution in [2.45, 2.75) is 12.8 Å². The molecule has 28 heavy (non-hydrogen) atoms. The molecule has 1 saturated heterocycles. The van der Waals surface area contributed by atoms with Gasteiger partial charge in [0.2, 0.25) is 0 Å². The number of carbonyl (C=O) groups is 2. The highest BCUT2D eigenvalue weighted by Crippen LogP contribution is 2.23. The fourth-order valence-corrected chi connectivity index (χ4v) is 2.97. The monoisotopic (exact) mass is 386 g/mol. The molecular formula is C19H16F2N4O3. The number of nitrogens with one attached hydrogen (secondary N) is 2. The summed E-state index contributed by atoms with van der Waals surface area (Å²) in [6.45, 7) is 0.673. The Hall–Kier alpha value is -3.33. The second-order valence-corrected chi connectivity index (χ2v) is 6.33. The van der Waals surface area contributed by atoms with Gasteiger partial charge in [-0.25, -0.2) is 13.8 Å². The fourth-order valence-electron chi connectivity index (χ4n) is 2.97. The number of hydrogen-bond donors (Lipinski definition) is 2. The van der Waals surface area contributed by atoms with E-state index in [-0.39, 0.29) is 16.9 Å². The first-order valence-corrected chi connectivity index (χ1v) is 8.72. The van der Waals surface area contributed by atoms with Crippen molar-refractivity contribution in [1.82, 2.24) is 15.0 Å². The summed E-state index contributed by atoms with van der Waals surface area (Å²) in [6, 6.07) is 6.51. The highest BCUT2D eigenvalue weighted by molar-refractivity contribution is 6.06. The van der Waals surface area contributed by atoms with Gasteiger partial charge in [0.05, 0.1) is 28.9 Å². The summed E-state index contributed by atoms with van der Waals surface area (Å²) in [5.74, 6) is -3.38. The number of aromatic amines is 1. The molecule has 0 spiro atoms. The average Bonchev–Trinajstić information content (AvgIpc) is 3.14. The molecule has 144 valence electrons. The fraction of sp³-hybridized carbons (Fsp3) is 0.211. The summed E-state index contributed by atoms with van der Waals surface area (Å²) in [7, 11) is 0. The van der Waals surface area contributed by atoms with Crippen LogP contribution in [0.2, 0.25) is 0 Å². The molecule has 4 rings (SSSR count). The number of amides is 2. The van der Waals surface area contributed by atoms with Crippen LogP contribution in [0.1, 0.15) is 33.7 Å². The zero-order valence-electron chi connectivity index (χ0n) is 14.7. The lowest BCUT2D eigenvalue weighted by atomic mass is 10.1. The van der Waals surface area contributed by atoms with E-state index in [1.165, 1.54) is 6.07 Å². The Kier molecular flexibility index (Phi) is 4.74. The van der Waals surface area contributed by atoms with E-state index in [4.69, 9.17) is 4.84 Å². The topological polar surface area (TPSA) is 87.3 Å². The summed E-state index contributed by atoms with van der Waals surface area (Å²) in [5, 5.41) is 3.41. The van der Waals surface area contributed by atoms with E-state index in [1.807, 2.05) is 0 Å². The van der Waals surface area contributed by atoms with E-state index in [1.54, 1.807) is 18.3 Å². The second kappa shape index (κ2) is 7.35. The van der Waals surface area contributed by atoms with Crippen molar-refractivity contribution >= 4 is 28.5 Å². The number of aromatic nitrogens is 2. The molecular weight excluding hydrogens is 370 g/mol. The lowest BCUT2D eigenvalue weighted by Crippen LogP contribution is -2.36. The minimum absolute atomic E-state index is 0.157. The number of hydrogen-bond acceptors (Lipinski definition) is 4. The minimum Gasteiger partial charge on any atom is -0.349 e. The normalized spacial score (nSPS) is 14.3. The lowest BCUT2D eigenvalue weighted by Gasteiger charge is -2.26. The van der Waals surface area contributed by atoms with Gasteiger partial charge in [-0.1, -0.05) is 0 Å². The third kappa shape index (κ3) is 3.44. The highest BCUT2D eigenvalue weighted by Gasteiger charge is 2.25. The molecule has 2 aromatic heterocycles. The van der Waals surface area contributed by atoms with Crippen LogP contribution >= 0.6 is 0 Å². The van der Waals surface area contributed by atoms with Crippen molar-refractivity contribution < 1.29 is 23.2 Å². The van der Waals surface area contributed by atoms with E-state index < -0.39 is 23.4 Å². The van der Waals surface area contributed by atoms with Crippen LogP contribution in [0.25, 0.3) is 11.0 Å². The molecule has 0 radical (unpaired) electrons. The maximum absolute atomic E-state index is 14.2. The number of benzene rings is 1. The molecule has 1 fully saturated rings. The van der Waals surface area contributed by atoms with Crippen LogP contribution in [0.15, 0.2) is 36.5 Å². The highest BCUT2D eigenvalue weighted by atomic mass is 19.1. The molecule has 1 aromatic carbocycles. The molecule has 7 nitrogen and oxygen atoms in total. The summed E-state index contributed by atoms with van der Waals surface area (Å²) >= 11 is 0. The van der Waals surface area contributed by atoms with Gasteiger partial charge in [0.15, 0.2) is 0 Å². The first-order valence-electron chi connectivity index (χ1n) is 8.72. The van der Waals surface area contributed by atoms with Gasteiger partial charge in [-0.15, -0.1) is 0 Å². The summed E-state index contributed by atoms with van der Waals surface area (Å²) in [5.41, 5.74) is 0.690. The Morgan fingerprint density at radius 2 is 2.04 bits per heavy atom. The van der Waals surface area contributed by atoms with Crippen LogP contribution < -0.4 is 5.32 Å². The summed E-state index contributed by atoms with van der Waals surface area (Å²) < 4.78 is 28.3. The van der Waals surface area contributed by atoms with Gasteiger partial charge in [0, 0.05) is 18.8 Å². The quantitative estimate of drug-likeness (QED) is 0.723. The number of anilines is 1. The first kappa shape index (κ1) is 18.1. The Balaban J connectivity index is 1.60. The number of carbonyl (C=O) groups excluding carboxylic acids is 2. The van der Waals surface area contributed by atoms with Crippen molar-refractivity contribution in [2.75, 3.05) is 18.5 Å².